The van der Waals surface area contributed by atoms with E-state index < -0.39 is 0 Å². The van der Waals surface area contributed by atoms with Crippen LogP contribution in [0.4, 0.5) is 0 Å². The number of halogens is 1. The van der Waals surface area contributed by atoms with E-state index >= 15 is 0 Å². The molecular weight excluding hydrogens is 453 g/mol. The van der Waals surface area contributed by atoms with Gasteiger partial charge in [0.25, 0.3) is 0 Å². The van der Waals surface area contributed by atoms with Crippen LogP contribution in [0.3, 0.4) is 0 Å². The van der Waals surface area contributed by atoms with E-state index in [4.69, 9.17) is 9.73 Å². The summed E-state index contributed by atoms with van der Waals surface area (Å²) in [5, 5.41) is 3.45. The number of hydrogen-bond acceptors (Lipinski definition) is 4. The summed E-state index contributed by atoms with van der Waals surface area (Å²) >= 11 is 0. The molecule has 0 aliphatic carbocycles. The molecule has 2 aliphatic heterocycles. The number of nitrogens with zero attached hydrogens (tertiary/aromatic N) is 4. The van der Waals surface area contributed by atoms with Gasteiger partial charge in [0.2, 0.25) is 0 Å². The van der Waals surface area contributed by atoms with E-state index in [0.29, 0.717) is 0 Å². The van der Waals surface area contributed by atoms with E-state index in [9.17, 15) is 0 Å². The molecule has 2 saturated heterocycles. The van der Waals surface area contributed by atoms with Crippen molar-refractivity contribution < 1.29 is 4.74 Å². The number of piperazine rings is 1. The number of aliphatic imine (C=N–C) groups is 1. The van der Waals surface area contributed by atoms with Crippen molar-refractivity contribution in [2.24, 2.45) is 10.9 Å². The second kappa shape index (κ2) is 14.8. The molecule has 2 aliphatic rings. The van der Waals surface area contributed by atoms with Crippen LogP contribution in [0.15, 0.2) is 4.99 Å². The summed E-state index contributed by atoms with van der Waals surface area (Å²) in [5.74, 6) is 1.89. The summed E-state index contributed by atoms with van der Waals surface area (Å²) in [5.41, 5.74) is 0. The zero-order valence-electron chi connectivity index (χ0n) is 17.8. The molecule has 0 unspecified atom stereocenters. The molecule has 0 aromatic carbocycles. The van der Waals surface area contributed by atoms with Gasteiger partial charge in [-0.05, 0) is 58.5 Å². The highest BCUT2D eigenvalue weighted by atomic mass is 127. The molecule has 2 rings (SSSR count). The van der Waals surface area contributed by atoms with E-state index in [-0.39, 0.29) is 24.0 Å². The molecule has 0 amide bonds. The summed E-state index contributed by atoms with van der Waals surface area (Å²) in [6, 6.07) is 0. The smallest absolute Gasteiger partial charge is 0.193 e. The third-order valence-electron chi connectivity index (χ3n) is 5.65. The minimum Gasteiger partial charge on any atom is -0.381 e. The van der Waals surface area contributed by atoms with Gasteiger partial charge in [-0.1, -0.05) is 0 Å². The van der Waals surface area contributed by atoms with Crippen LogP contribution in [-0.4, -0.2) is 100 Å². The first-order chi connectivity index (χ1) is 12.7. The quantitative estimate of drug-likeness (QED) is 0.230. The number of hydrogen-bond donors (Lipinski definition) is 1. The van der Waals surface area contributed by atoms with Crippen molar-refractivity contribution in [1.82, 2.24) is 20.0 Å². The minimum atomic E-state index is 0. The lowest BCUT2D eigenvalue weighted by molar-refractivity contribution is 0.0625. The zero-order chi connectivity index (χ0) is 18.6. The molecule has 0 atom stereocenters. The Hall–Kier alpha value is -0.120. The van der Waals surface area contributed by atoms with Gasteiger partial charge in [-0.15, -0.1) is 24.0 Å². The van der Waals surface area contributed by atoms with Gasteiger partial charge in [0, 0.05) is 66.1 Å². The van der Waals surface area contributed by atoms with Crippen molar-refractivity contribution in [3.8, 4) is 0 Å². The van der Waals surface area contributed by atoms with Crippen molar-refractivity contribution in [1.29, 1.82) is 0 Å². The molecule has 0 aromatic heterocycles. The van der Waals surface area contributed by atoms with Gasteiger partial charge < -0.3 is 24.8 Å². The van der Waals surface area contributed by atoms with E-state index in [1.807, 2.05) is 0 Å². The molecule has 0 spiro atoms. The predicted molar refractivity (Wildman–Crippen MR) is 125 cm³/mol. The highest BCUT2D eigenvalue weighted by Crippen LogP contribution is 2.18. The van der Waals surface area contributed by atoms with Crippen molar-refractivity contribution in [3.05, 3.63) is 0 Å². The first kappa shape index (κ1) is 24.9. The van der Waals surface area contributed by atoms with Gasteiger partial charge in [-0.3, -0.25) is 4.99 Å². The normalized spacial score (nSPS) is 20.3. The number of rotatable bonds is 9. The van der Waals surface area contributed by atoms with Crippen molar-refractivity contribution >= 4 is 29.9 Å². The number of nitrogens with one attached hydrogen (secondary N) is 1. The number of ether oxygens (including phenoxy) is 1. The van der Waals surface area contributed by atoms with Gasteiger partial charge >= 0.3 is 0 Å². The van der Waals surface area contributed by atoms with E-state index in [1.165, 1.54) is 64.8 Å². The monoisotopic (exact) mass is 495 g/mol. The van der Waals surface area contributed by atoms with Gasteiger partial charge in [-0.2, -0.15) is 0 Å². The Labute approximate surface area is 184 Å². The van der Waals surface area contributed by atoms with Crippen molar-refractivity contribution in [2.75, 3.05) is 79.7 Å². The second-order valence-electron chi connectivity index (χ2n) is 7.85. The molecule has 7 heteroatoms. The van der Waals surface area contributed by atoms with Crippen LogP contribution in [-0.2, 0) is 4.74 Å². The fourth-order valence-corrected chi connectivity index (χ4v) is 3.69. The average molecular weight is 495 g/mol. The zero-order valence-corrected chi connectivity index (χ0v) is 20.1. The second-order valence-corrected chi connectivity index (χ2v) is 7.85. The fourth-order valence-electron chi connectivity index (χ4n) is 3.69. The van der Waals surface area contributed by atoms with Crippen LogP contribution < -0.4 is 5.32 Å². The summed E-state index contributed by atoms with van der Waals surface area (Å²) < 4.78 is 5.46. The Bertz CT molecular complexity index is 396. The van der Waals surface area contributed by atoms with Crippen molar-refractivity contribution in [2.45, 2.75) is 39.0 Å². The molecule has 6 nitrogen and oxygen atoms in total. The van der Waals surface area contributed by atoms with Gasteiger partial charge in [0.1, 0.15) is 0 Å². The maximum absolute atomic E-state index is 5.46. The van der Waals surface area contributed by atoms with Crippen LogP contribution in [0.2, 0.25) is 0 Å². The predicted octanol–water partition coefficient (Wildman–Crippen LogP) is 2.35. The number of guanidine groups is 1. The molecule has 27 heavy (non-hydrogen) atoms. The molecule has 160 valence electrons. The van der Waals surface area contributed by atoms with Gasteiger partial charge in [0.15, 0.2) is 5.96 Å². The van der Waals surface area contributed by atoms with Gasteiger partial charge in [0.05, 0.1) is 0 Å². The lowest BCUT2D eigenvalue weighted by Crippen LogP contribution is -2.44. The molecular formula is C20H42IN5O. The summed E-state index contributed by atoms with van der Waals surface area (Å²) in [7, 11) is 4.39. The first-order valence-electron chi connectivity index (χ1n) is 10.7. The maximum Gasteiger partial charge on any atom is 0.193 e. The molecule has 1 N–H and O–H groups in total. The van der Waals surface area contributed by atoms with Crippen LogP contribution in [0, 0.1) is 5.92 Å². The number of unbranched alkanes of at least 4 members (excludes halogenated alkanes) is 1. The lowest BCUT2D eigenvalue weighted by atomic mass is 9.96. The van der Waals surface area contributed by atoms with Gasteiger partial charge in [-0.25, -0.2) is 0 Å². The largest absolute Gasteiger partial charge is 0.381 e. The highest BCUT2D eigenvalue weighted by Gasteiger charge is 2.15. The maximum atomic E-state index is 5.46. The van der Waals surface area contributed by atoms with Crippen LogP contribution in [0.25, 0.3) is 0 Å². The Kier molecular flexibility index (Phi) is 13.7. The fraction of sp³-hybridized carbons (Fsp3) is 0.950. The standard InChI is InChI=1S/C20H41N5O.HI/c1-4-21-20(24(3)12-7-19-8-17-26-18-9-19)22-10-5-6-11-25-15-13-23(2)14-16-25;/h19H,4-18H2,1-3H3,(H,21,22);1H. The Balaban J connectivity index is 0.00000364. The lowest BCUT2D eigenvalue weighted by Gasteiger charge is -2.32. The average Bonchev–Trinajstić information content (AvgIpc) is 2.67. The third kappa shape index (κ3) is 10.3. The Morgan fingerprint density at radius 3 is 2.52 bits per heavy atom. The van der Waals surface area contributed by atoms with Crippen molar-refractivity contribution in [3.63, 3.8) is 0 Å². The van der Waals surface area contributed by atoms with Crippen LogP contribution >= 0.6 is 24.0 Å². The first-order valence-corrected chi connectivity index (χ1v) is 10.7. The van der Waals surface area contributed by atoms with E-state index in [2.05, 4.69) is 41.0 Å². The summed E-state index contributed by atoms with van der Waals surface area (Å²) in [4.78, 5) is 12.2. The minimum absolute atomic E-state index is 0. The summed E-state index contributed by atoms with van der Waals surface area (Å²) in [6.45, 7) is 13.0. The summed E-state index contributed by atoms with van der Waals surface area (Å²) in [6.07, 6.45) is 6.10. The molecule has 2 heterocycles. The Morgan fingerprint density at radius 2 is 1.85 bits per heavy atom. The van der Waals surface area contributed by atoms with Crippen LogP contribution in [0.1, 0.15) is 39.0 Å². The number of likely N-dealkylation sites (N-methyl/N-ethyl adjacent to an activating group) is 1. The third-order valence-corrected chi connectivity index (χ3v) is 5.65. The Morgan fingerprint density at radius 1 is 1.15 bits per heavy atom. The topological polar surface area (TPSA) is 43.3 Å². The van der Waals surface area contributed by atoms with Crippen LogP contribution in [0.5, 0.6) is 0 Å². The molecule has 2 fully saturated rings. The van der Waals surface area contributed by atoms with E-state index in [0.717, 1.165) is 44.7 Å². The molecule has 0 bridgehead atoms. The SMILES string of the molecule is CCNC(=NCCCCN1CCN(C)CC1)N(C)CCC1CCOCC1.I. The van der Waals surface area contributed by atoms with E-state index in [1.54, 1.807) is 0 Å². The molecule has 0 radical (unpaired) electrons. The highest BCUT2D eigenvalue weighted by molar-refractivity contribution is 14.0. The molecule has 0 saturated carbocycles. The molecule has 0 aromatic rings.